The van der Waals surface area contributed by atoms with Gasteiger partial charge in [-0.2, -0.15) is 0 Å². The predicted octanol–water partition coefficient (Wildman–Crippen LogP) is 1.76. The van der Waals surface area contributed by atoms with Crippen molar-refractivity contribution >= 4 is 22.2 Å². The molecule has 1 heterocycles. The first-order valence-corrected chi connectivity index (χ1v) is 4.35. The number of nitrogens with zero attached hydrogens (tertiary/aromatic N) is 1. The van der Waals surface area contributed by atoms with Crippen molar-refractivity contribution in [3.8, 4) is 0 Å². The number of carbonyl (C=O) groups excluding carboxylic acids is 1. The molecule has 0 aromatic carbocycles. The van der Waals surface area contributed by atoms with Crippen LogP contribution in [0.15, 0.2) is 10.2 Å². The topological polar surface area (TPSA) is 20.3 Å². The molecule has 11 heavy (non-hydrogen) atoms. The Morgan fingerprint density at radius 3 is 2.36 bits per heavy atom. The quantitative estimate of drug-likeness (QED) is 0.625. The molecule has 0 unspecified atom stereocenters. The molecule has 2 nitrogen and oxygen atoms in total. The van der Waals surface area contributed by atoms with Gasteiger partial charge in [0.15, 0.2) is 6.29 Å². The van der Waals surface area contributed by atoms with Crippen molar-refractivity contribution in [2.45, 2.75) is 13.8 Å². The zero-order valence-electron chi connectivity index (χ0n) is 7.02. The van der Waals surface area contributed by atoms with Crippen LogP contribution in [-0.2, 0) is 4.79 Å². The zero-order chi connectivity index (χ0) is 8.65. The van der Waals surface area contributed by atoms with E-state index in [-0.39, 0.29) is 5.41 Å². The molecule has 62 valence electrons. The number of hydrogen-bond acceptors (Lipinski definition) is 2. The zero-order valence-corrected chi connectivity index (χ0v) is 8.60. The number of halogens is 1. The lowest BCUT2D eigenvalue weighted by Crippen LogP contribution is -2.21. The molecule has 1 rings (SSSR count). The van der Waals surface area contributed by atoms with Crippen molar-refractivity contribution in [1.29, 1.82) is 0 Å². The van der Waals surface area contributed by atoms with Gasteiger partial charge >= 0.3 is 0 Å². The van der Waals surface area contributed by atoms with Crippen molar-refractivity contribution < 1.29 is 4.79 Å². The standard InChI is InChI=1S/C8H12BrNO/c1-8(2)5-10(3)6(4-11)7(8)9/h4H,5H2,1-3H3. The van der Waals surface area contributed by atoms with Crippen LogP contribution in [0.1, 0.15) is 13.8 Å². The largest absolute Gasteiger partial charge is 0.370 e. The monoisotopic (exact) mass is 217 g/mol. The van der Waals surface area contributed by atoms with Crippen molar-refractivity contribution in [1.82, 2.24) is 4.90 Å². The molecule has 0 bridgehead atoms. The average Bonchev–Trinajstić information content (AvgIpc) is 2.04. The van der Waals surface area contributed by atoms with Gasteiger partial charge in [0.2, 0.25) is 0 Å². The van der Waals surface area contributed by atoms with Crippen LogP contribution < -0.4 is 0 Å². The van der Waals surface area contributed by atoms with Gasteiger partial charge in [-0.1, -0.05) is 29.8 Å². The lowest BCUT2D eigenvalue weighted by atomic mass is 9.95. The smallest absolute Gasteiger partial charge is 0.166 e. The summed E-state index contributed by atoms with van der Waals surface area (Å²) in [6.07, 6.45) is 0.902. The average molecular weight is 218 g/mol. The Morgan fingerprint density at radius 2 is 2.18 bits per heavy atom. The Hall–Kier alpha value is -0.310. The maximum atomic E-state index is 10.6. The number of aldehydes is 1. The summed E-state index contributed by atoms with van der Waals surface area (Å²) in [5.74, 6) is 0. The van der Waals surface area contributed by atoms with E-state index in [9.17, 15) is 4.79 Å². The molecule has 3 heteroatoms. The summed E-state index contributed by atoms with van der Waals surface area (Å²) in [7, 11) is 1.93. The van der Waals surface area contributed by atoms with E-state index in [1.165, 1.54) is 0 Å². The number of carbonyl (C=O) groups is 1. The maximum absolute atomic E-state index is 10.6. The summed E-state index contributed by atoms with van der Waals surface area (Å²) in [6, 6.07) is 0. The Morgan fingerprint density at radius 1 is 1.64 bits per heavy atom. The molecule has 0 aromatic rings. The SMILES string of the molecule is CN1CC(C)(C)C(Br)=C1C=O. The number of hydrogen-bond donors (Lipinski definition) is 0. The molecule has 1 aliphatic rings. The van der Waals surface area contributed by atoms with E-state index >= 15 is 0 Å². The molecule has 0 atom stereocenters. The molecule has 0 aromatic heterocycles. The van der Waals surface area contributed by atoms with Crippen LogP contribution in [0, 0.1) is 5.41 Å². The molecule has 0 saturated carbocycles. The molecule has 0 spiro atoms. The molecular weight excluding hydrogens is 206 g/mol. The first-order chi connectivity index (χ1) is 4.99. The third-order valence-corrected chi connectivity index (χ3v) is 3.45. The minimum absolute atomic E-state index is 0.0883. The summed E-state index contributed by atoms with van der Waals surface area (Å²) < 4.78 is 1.02. The lowest BCUT2D eigenvalue weighted by molar-refractivity contribution is -0.105. The van der Waals surface area contributed by atoms with Gasteiger partial charge in [-0.25, -0.2) is 0 Å². The van der Waals surface area contributed by atoms with Gasteiger partial charge in [-0.05, 0) is 0 Å². The Labute approximate surface area is 75.4 Å². The van der Waals surface area contributed by atoms with E-state index < -0.39 is 0 Å². The molecule has 0 aliphatic carbocycles. The maximum Gasteiger partial charge on any atom is 0.166 e. The van der Waals surface area contributed by atoms with E-state index in [2.05, 4.69) is 29.8 Å². The summed E-state index contributed by atoms with van der Waals surface area (Å²) in [5.41, 5.74) is 0.861. The third kappa shape index (κ3) is 1.34. The fourth-order valence-electron chi connectivity index (χ4n) is 1.40. The predicted molar refractivity (Wildman–Crippen MR) is 48.4 cm³/mol. The van der Waals surface area contributed by atoms with E-state index in [4.69, 9.17) is 0 Å². The second-order valence-electron chi connectivity index (χ2n) is 3.56. The minimum Gasteiger partial charge on any atom is -0.370 e. The minimum atomic E-state index is 0.0883. The van der Waals surface area contributed by atoms with Gasteiger partial charge < -0.3 is 4.90 Å². The van der Waals surface area contributed by atoms with Crippen molar-refractivity contribution in [2.24, 2.45) is 5.41 Å². The third-order valence-electron chi connectivity index (χ3n) is 1.97. The molecule has 0 N–H and O–H groups in total. The van der Waals surface area contributed by atoms with Crippen LogP contribution in [0.25, 0.3) is 0 Å². The van der Waals surface area contributed by atoms with Gasteiger partial charge in [-0.15, -0.1) is 0 Å². The summed E-state index contributed by atoms with van der Waals surface area (Å²) in [5, 5.41) is 0. The Bertz CT molecular complexity index is 220. The van der Waals surface area contributed by atoms with Gasteiger partial charge in [0, 0.05) is 23.5 Å². The first-order valence-electron chi connectivity index (χ1n) is 3.55. The van der Waals surface area contributed by atoms with Crippen LogP contribution in [0.2, 0.25) is 0 Å². The van der Waals surface area contributed by atoms with Gasteiger partial charge in [0.1, 0.15) is 0 Å². The fraction of sp³-hybridized carbons (Fsp3) is 0.625. The van der Waals surface area contributed by atoms with Crippen LogP contribution in [0.3, 0.4) is 0 Å². The van der Waals surface area contributed by atoms with Gasteiger partial charge in [0.25, 0.3) is 0 Å². The molecular formula is C8H12BrNO. The second kappa shape index (κ2) is 2.63. The Kier molecular flexibility index (Phi) is 2.10. The second-order valence-corrected chi connectivity index (χ2v) is 4.35. The van der Waals surface area contributed by atoms with Gasteiger partial charge in [0.05, 0.1) is 5.70 Å². The first kappa shape index (κ1) is 8.78. The molecule has 0 radical (unpaired) electrons. The highest BCUT2D eigenvalue weighted by Crippen LogP contribution is 2.40. The number of allylic oxidation sites excluding steroid dienone is 1. The molecule has 0 amide bonds. The van der Waals surface area contributed by atoms with E-state index in [0.29, 0.717) is 0 Å². The molecule has 1 aliphatic heterocycles. The highest BCUT2D eigenvalue weighted by atomic mass is 79.9. The van der Waals surface area contributed by atoms with Crippen molar-refractivity contribution in [3.63, 3.8) is 0 Å². The van der Waals surface area contributed by atoms with E-state index in [1.54, 1.807) is 0 Å². The van der Waals surface area contributed by atoms with Gasteiger partial charge in [-0.3, -0.25) is 4.79 Å². The van der Waals surface area contributed by atoms with E-state index in [0.717, 1.165) is 23.0 Å². The number of likely N-dealkylation sites (N-methyl/N-ethyl adjacent to an activating group) is 1. The summed E-state index contributed by atoms with van der Waals surface area (Å²) in [4.78, 5) is 12.6. The molecule has 0 saturated heterocycles. The van der Waals surface area contributed by atoms with Crippen LogP contribution in [-0.4, -0.2) is 24.8 Å². The van der Waals surface area contributed by atoms with Crippen molar-refractivity contribution in [3.05, 3.63) is 10.2 Å². The van der Waals surface area contributed by atoms with E-state index in [1.807, 2.05) is 11.9 Å². The van der Waals surface area contributed by atoms with Crippen LogP contribution in [0.5, 0.6) is 0 Å². The van der Waals surface area contributed by atoms with Crippen molar-refractivity contribution in [2.75, 3.05) is 13.6 Å². The molecule has 0 fully saturated rings. The lowest BCUT2D eigenvalue weighted by Gasteiger charge is -2.19. The summed E-state index contributed by atoms with van der Waals surface area (Å²) >= 11 is 3.43. The highest BCUT2D eigenvalue weighted by molar-refractivity contribution is 9.11. The van der Waals surface area contributed by atoms with Crippen LogP contribution >= 0.6 is 15.9 Å². The normalized spacial score (nSPS) is 22.7. The Balaban J connectivity index is 3.04. The highest BCUT2D eigenvalue weighted by Gasteiger charge is 2.34. The fourth-order valence-corrected chi connectivity index (χ4v) is 1.93. The van der Waals surface area contributed by atoms with Crippen LogP contribution in [0.4, 0.5) is 0 Å². The number of rotatable bonds is 1. The summed E-state index contributed by atoms with van der Waals surface area (Å²) in [6.45, 7) is 5.13.